The van der Waals surface area contributed by atoms with Gasteiger partial charge in [-0.3, -0.25) is 14.9 Å². The van der Waals surface area contributed by atoms with E-state index in [2.05, 4.69) is 5.32 Å². The summed E-state index contributed by atoms with van der Waals surface area (Å²) in [6.45, 7) is 0.658. The van der Waals surface area contributed by atoms with E-state index in [4.69, 9.17) is 5.11 Å². The first-order valence-electron chi connectivity index (χ1n) is 8.16. The lowest BCUT2D eigenvalue weighted by atomic mass is 10.1. The summed E-state index contributed by atoms with van der Waals surface area (Å²) >= 11 is 0. The number of carbonyl (C=O) groups excluding carboxylic acids is 1. The zero-order valence-corrected chi connectivity index (χ0v) is 15.1. The van der Waals surface area contributed by atoms with Crippen LogP contribution < -0.4 is 5.32 Å². The van der Waals surface area contributed by atoms with Crippen molar-refractivity contribution in [3.63, 3.8) is 0 Å². The van der Waals surface area contributed by atoms with Gasteiger partial charge in [-0.15, -0.1) is 0 Å². The molecule has 2 N–H and O–H groups in total. The fourth-order valence-electron chi connectivity index (χ4n) is 2.55. The molecular formula is C18H16F3N3O5. The average Bonchev–Trinajstić information content (AvgIpc) is 2.60. The number of carboxylic acid groups (broad SMARTS) is 1. The van der Waals surface area contributed by atoms with Crippen LogP contribution in [-0.2, 0) is 17.5 Å². The zero-order valence-electron chi connectivity index (χ0n) is 15.1. The van der Waals surface area contributed by atoms with Gasteiger partial charge in [-0.25, -0.2) is 4.79 Å². The van der Waals surface area contributed by atoms with Crippen LogP contribution in [-0.4, -0.2) is 33.5 Å². The van der Waals surface area contributed by atoms with Gasteiger partial charge in [0.2, 0.25) is 0 Å². The molecule has 2 amide bonds. The summed E-state index contributed by atoms with van der Waals surface area (Å²) in [5.41, 5.74) is -0.159. The average molecular weight is 411 g/mol. The predicted octanol–water partition coefficient (Wildman–Crippen LogP) is 4.04. The molecule has 0 bridgehead atoms. The lowest BCUT2D eigenvalue weighted by Gasteiger charge is -2.21. The SMILES string of the molecule is Cc1cc(CN(CC(=O)O)C(=O)Nc2ccc(C(F)(F)F)cc2)ccc1[N+](=O)[O-]. The topological polar surface area (TPSA) is 113 Å². The highest BCUT2D eigenvalue weighted by Crippen LogP contribution is 2.30. The minimum Gasteiger partial charge on any atom is -0.480 e. The fourth-order valence-corrected chi connectivity index (χ4v) is 2.55. The van der Waals surface area contributed by atoms with Gasteiger partial charge >= 0.3 is 18.2 Å². The summed E-state index contributed by atoms with van der Waals surface area (Å²) in [4.78, 5) is 34.7. The Morgan fingerprint density at radius 3 is 2.28 bits per heavy atom. The van der Waals surface area contributed by atoms with Gasteiger partial charge in [0.25, 0.3) is 5.69 Å². The first kappa shape index (κ1) is 21.7. The second-order valence-electron chi connectivity index (χ2n) is 6.13. The van der Waals surface area contributed by atoms with Crippen LogP contribution in [0.3, 0.4) is 0 Å². The second kappa shape index (κ2) is 8.59. The molecule has 2 aromatic carbocycles. The number of urea groups is 1. The Kier molecular flexibility index (Phi) is 6.42. The normalized spacial score (nSPS) is 11.0. The van der Waals surface area contributed by atoms with Crippen LogP contribution in [0.5, 0.6) is 0 Å². The number of hydrogen-bond donors (Lipinski definition) is 2. The van der Waals surface area contributed by atoms with Gasteiger partial charge < -0.3 is 15.3 Å². The molecule has 0 heterocycles. The van der Waals surface area contributed by atoms with E-state index in [0.29, 0.717) is 11.1 Å². The van der Waals surface area contributed by atoms with Crippen LogP contribution >= 0.6 is 0 Å². The molecule has 29 heavy (non-hydrogen) atoms. The Hall–Kier alpha value is -3.63. The molecule has 0 saturated carbocycles. The number of halogens is 3. The monoisotopic (exact) mass is 411 g/mol. The molecule has 8 nitrogen and oxygen atoms in total. The number of amides is 2. The van der Waals surface area contributed by atoms with Crippen molar-refractivity contribution in [1.29, 1.82) is 0 Å². The van der Waals surface area contributed by atoms with Crippen LogP contribution in [0.1, 0.15) is 16.7 Å². The molecule has 0 aromatic heterocycles. The lowest BCUT2D eigenvalue weighted by molar-refractivity contribution is -0.385. The van der Waals surface area contributed by atoms with E-state index in [1.165, 1.54) is 25.1 Å². The van der Waals surface area contributed by atoms with Crippen LogP contribution in [0.2, 0.25) is 0 Å². The van der Waals surface area contributed by atoms with Crippen molar-refractivity contribution in [2.75, 3.05) is 11.9 Å². The number of rotatable bonds is 6. The Bertz CT molecular complexity index is 929. The number of anilines is 1. The number of nitrogens with zero attached hydrogens (tertiary/aromatic N) is 2. The van der Waals surface area contributed by atoms with Gasteiger partial charge in [-0.1, -0.05) is 6.07 Å². The van der Waals surface area contributed by atoms with E-state index in [9.17, 15) is 32.9 Å². The van der Waals surface area contributed by atoms with Gasteiger partial charge in [-0.05, 0) is 42.8 Å². The molecule has 0 aliphatic rings. The molecule has 2 rings (SSSR count). The zero-order chi connectivity index (χ0) is 21.8. The Morgan fingerprint density at radius 1 is 1.17 bits per heavy atom. The highest BCUT2D eigenvalue weighted by molar-refractivity contribution is 5.91. The maximum Gasteiger partial charge on any atom is 0.416 e. The summed E-state index contributed by atoms with van der Waals surface area (Å²) in [6, 6.07) is 6.93. The van der Waals surface area contributed by atoms with E-state index in [-0.39, 0.29) is 17.9 Å². The maximum absolute atomic E-state index is 12.6. The van der Waals surface area contributed by atoms with E-state index in [1.807, 2.05) is 0 Å². The third-order valence-corrected chi connectivity index (χ3v) is 3.91. The summed E-state index contributed by atoms with van der Waals surface area (Å²) in [5.74, 6) is -1.30. The summed E-state index contributed by atoms with van der Waals surface area (Å²) in [5, 5.41) is 22.3. The van der Waals surface area contributed by atoms with Crippen molar-refractivity contribution in [2.24, 2.45) is 0 Å². The van der Waals surface area contributed by atoms with Crippen molar-refractivity contribution >= 4 is 23.4 Å². The molecule has 0 fully saturated rings. The van der Waals surface area contributed by atoms with Crippen molar-refractivity contribution in [3.8, 4) is 0 Å². The number of alkyl halides is 3. The third kappa shape index (κ3) is 5.92. The fraction of sp³-hybridized carbons (Fsp3) is 0.222. The number of benzene rings is 2. The molecule has 0 radical (unpaired) electrons. The summed E-state index contributed by atoms with van der Waals surface area (Å²) in [7, 11) is 0. The number of nitro benzene ring substituents is 1. The van der Waals surface area contributed by atoms with Gasteiger partial charge in [0.1, 0.15) is 6.54 Å². The van der Waals surface area contributed by atoms with Gasteiger partial charge in [0, 0.05) is 23.9 Å². The number of carbonyl (C=O) groups is 2. The van der Waals surface area contributed by atoms with Gasteiger partial charge in [0.05, 0.1) is 10.5 Å². The van der Waals surface area contributed by atoms with Crippen molar-refractivity contribution in [2.45, 2.75) is 19.6 Å². The van der Waals surface area contributed by atoms with E-state index < -0.39 is 35.2 Å². The first-order chi connectivity index (χ1) is 13.5. The van der Waals surface area contributed by atoms with E-state index >= 15 is 0 Å². The third-order valence-electron chi connectivity index (χ3n) is 3.91. The molecule has 2 aromatic rings. The highest BCUT2D eigenvalue weighted by atomic mass is 19.4. The molecule has 0 unspecified atom stereocenters. The van der Waals surface area contributed by atoms with Crippen LogP contribution in [0.15, 0.2) is 42.5 Å². The lowest BCUT2D eigenvalue weighted by Crippen LogP contribution is -2.38. The minimum atomic E-state index is -4.52. The molecule has 0 atom stereocenters. The van der Waals surface area contributed by atoms with Crippen LogP contribution in [0.25, 0.3) is 0 Å². The number of aryl methyl sites for hydroxylation is 1. The molecule has 154 valence electrons. The van der Waals surface area contributed by atoms with Crippen molar-refractivity contribution in [3.05, 3.63) is 69.3 Å². The van der Waals surface area contributed by atoms with E-state index in [1.54, 1.807) is 0 Å². The standard InChI is InChI=1S/C18H16F3N3O5/c1-11-8-12(2-7-15(11)24(28)29)9-23(10-16(25)26)17(27)22-14-5-3-13(4-6-14)18(19,20)21/h2-8H,9-10H2,1H3,(H,22,27)(H,25,26). The molecule has 0 saturated heterocycles. The van der Waals surface area contributed by atoms with Gasteiger partial charge in [-0.2, -0.15) is 13.2 Å². The number of aliphatic carboxylic acids is 1. The molecule has 0 spiro atoms. The number of nitro groups is 1. The highest BCUT2D eigenvalue weighted by Gasteiger charge is 2.30. The largest absolute Gasteiger partial charge is 0.480 e. The number of nitrogens with one attached hydrogen (secondary N) is 1. The molecule has 0 aliphatic heterocycles. The smallest absolute Gasteiger partial charge is 0.416 e. The number of hydrogen-bond acceptors (Lipinski definition) is 4. The number of carboxylic acids is 1. The Morgan fingerprint density at radius 2 is 1.79 bits per heavy atom. The Labute approximate surface area is 162 Å². The quantitative estimate of drug-likeness (QED) is 0.550. The second-order valence-corrected chi connectivity index (χ2v) is 6.13. The molecule has 0 aliphatic carbocycles. The van der Waals surface area contributed by atoms with Crippen molar-refractivity contribution in [1.82, 2.24) is 4.90 Å². The van der Waals surface area contributed by atoms with Crippen LogP contribution in [0, 0.1) is 17.0 Å². The maximum atomic E-state index is 12.6. The van der Waals surface area contributed by atoms with E-state index in [0.717, 1.165) is 29.2 Å². The molecule has 11 heteroatoms. The van der Waals surface area contributed by atoms with Crippen LogP contribution in [0.4, 0.5) is 29.3 Å². The van der Waals surface area contributed by atoms with Crippen molar-refractivity contribution < 1.29 is 32.8 Å². The summed E-state index contributed by atoms with van der Waals surface area (Å²) < 4.78 is 37.8. The minimum absolute atomic E-state index is 0.0540. The van der Waals surface area contributed by atoms with Gasteiger partial charge in [0.15, 0.2) is 0 Å². The first-order valence-corrected chi connectivity index (χ1v) is 8.16. The summed E-state index contributed by atoms with van der Waals surface area (Å²) in [6.07, 6.45) is -4.52. The Balaban J connectivity index is 2.17. The predicted molar refractivity (Wildman–Crippen MR) is 96.3 cm³/mol. The molecular weight excluding hydrogens is 395 g/mol.